The summed E-state index contributed by atoms with van der Waals surface area (Å²) in [4.78, 5) is 26.3. The fourth-order valence-electron chi connectivity index (χ4n) is 4.37. The van der Waals surface area contributed by atoms with Crippen LogP contribution in [0.25, 0.3) is 0 Å². The van der Waals surface area contributed by atoms with Crippen LogP contribution in [0.5, 0.6) is 0 Å². The second kappa shape index (κ2) is 7.78. The fraction of sp³-hybridized carbons (Fsp3) is 0.737. The van der Waals surface area contributed by atoms with Crippen molar-refractivity contribution in [2.24, 2.45) is 11.8 Å². The van der Waals surface area contributed by atoms with E-state index in [1.165, 1.54) is 0 Å². The van der Waals surface area contributed by atoms with E-state index in [9.17, 15) is 14.7 Å². The molecule has 1 aromatic rings. The van der Waals surface area contributed by atoms with E-state index in [0.29, 0.717) is 26.1 Å². The van der Waals surface area contributed by atoms with Crippen LogP contribution >= 0.6 is 0 Å². The van der Waals surface area contributed by atoms with E-state index in [0.717, 1.165) is 42.8 Å². The topological polar surface area (TPSA) is 84.7 Å². The Bertz CT molecular complexity index is 677. The molecule has 1 amide bonds. The van der Waals surface area contributed by atoms with E-state index in [2.05, 4.69) is 12.0 Å². The number of carboxylic acid groups (broad SMARTS) is 1. The maximum Gasteiger partial charge on any atom is 0.309 e. The zero-order valence-corrected chi connectivity index (χ0v) is 15.9. The molecule has 1 aromatic heterocycles. The molecule has 1 N–H and O–H groups in total. The van der Waals surface area contributed by atoms with Crippen molar-refractivity contribution in [3.8, 4) is 0 Å². The molecule has 0 radical (unpaired) electrons. The quantitative estimate of drug-likeness (QED) is 0.867. The summed E-state index contributed by atoms with van der Waals surface area (Å²) in [6.07, 6.45) is 2.95. The zero-order valence-electron chi connectivity index (χ0n) is 15.9. The number of carbonyl (C=O) groups excluding carboxylic acids is 1. The normalized spacial score (nSPS) is 24.2. The number of hydrogen-bond acceptors (Lipinski definition) is 4. The summed E-state index contributed by atoms with van der Waals surface area (Å²) in [5.41, 5.74) is 2.44. The van der Waals surface area contributed by atoms with Gasteiger partial charge < -0.3 is 14.7 Å². The molecule has 2 atom stereocenters. The second-order valence-corrected chi connectivity index (χ2v) is 7.47. The van der Waals surface area contributed by atoms with Crippen LogP contribution in [-0.4, -0.2) is 57.5 Å². The molecule has 0 aromatic carbocycles. The largest absolute Gasteiger partial charge is 0.481 e. The molecule has 7 heteroatoms. The third-order valence-corrected chi connectivity index (χ3v) is 5.78. The van der Waals surface area contributed by atoms with Gasteiger partial charge in [0.05, 0.1) is 23.3 Å². The SMILES string of the molecule is CCCn1nc(C)c(C(=O)N2CCC([C@@H]3OCCC3C(=O)O)CC2)c1C. The van der Waals surface area contributed by atoms with Crippen molar-refractivity contribution in [3.63, 3.8) is 0 Å². The molecule has 2 aliphatic heterocycles. The van der Waals surface area contributed by atoms with E-state index < -0.39 is 11.9 Å². The van der Waals surface area contributed by atoms with Gasteiger partial charge in [-0.2, -0.15) is 5.10 Å². The first kappa shape index (κ1) is 18.9. The number of rotatable bonds is 5. The number of ether oxygens (including phenoxy) is 1. The average molecular weight is 363 g/mol. The van der Waals surface area contributed by atoms with Gasteiger partial charge in [-0.25, -0.2) is 0 Å². The molecule has 3 heterocycles. The summed E-state index contributed by atoms with van der Waals surface area (Å²) < 4.78 is 7.63. The molecule has 26 heavy (non-hydrogen) atoms. The summed E-state index contributed by atoms with van der Waals surface area (Å²) in [6, 6.07) is 0. The monoisotopic (exact) mass is 363 g/mol. The van der Waals surface area contributed by atoms with Gasteiger partial charge in [-0.05, 0) is 45.4 Å². The Balaban J connectivity index is 1.65. The Morgan fingerprint density at radius 2 is 1.92 bits per heavy atom. The number of piperidine rings is 1. The van der Waals surface area contributed by atoms with E-state index in [-0.39, 0.29) is 17.9 Å². The van der Waals surface area contributed by atoms with Crippen LogP contribution in [0.3, 0.4) is 0 Å². The summed E-state index contributed by atoms with van der Waals surface area (Å²) in [7, 11) is 0. The Kier molecular flexibility index (Phi) is 5.65. The molecule has 2 aliphatic rings. The number of likely N-dealkylation sites (tertiary alicyclic amines) is 1. The van der Waals surface area contributed by atoms with Crippen molar-refractivity contribution in [2.45, 2.75) is 59.1 Å². The predicted octanol–water partition coefficient (Wildman–Crippen LogP) is 2.25. The summed E-state index contributed by atoms with van der Waals surface area (Å²) >= 11 is 0. The fourth-order valence-corrected chi connectivity index (χ4v) is 4.37. The van der Waals surface area contributed by atoms with E-state index in [4.69, 9.17) is 4.74 Å². The third kappa shape index (κ3) is 3.49. The Morgan fingerprint density at radius 3 is 2.54 bits per heavy atom. The Labute approximate surface area is 154 Å². The van der Waals surface area contributed by atoms with Crippen molar-refractivity contribution in [2.75, 3.05) is 19.7 Å². The van der Waals surface area contributed by atoms with E-state index in [1.807, 2.05) is 23.4 Å². The molecular formula is C19H29N3O4. The van der Waals surface area contributed by atoms with Gasteiger partial charge in [0, 0.05) is 31.9 Å². The van der Waals surface area contributed by atoms with Crippen LogP contribution in [0.2, 0.25) is 0 Å². The molecule has 144 valence electrons. The lowest BCUT2D eigenvalue weighted by atomic mass is 9.84. The van der Waals surface area contributed by atoms with Crippen LogP contribution in [0.15, 0.2) is 0 Å². The van der Waals surface area contributed by atoms with Gasteiger partial charge >= 0.3 is 5.97 Å². The number of carboxylic acids is 1. The zero-order chi connectivity index (χ0) is 18.8. The van der Waals surface area contributed by atoms with Gasteiger partial charge in [-0.1, -0.05) is 6.92 Å². The van der Waals surface area contributed by atoms with Gasteiger partial charge in [0.15, 0.2) is 0 Å². The van der Waals surface area contributed by atoms with Crippen molar-refractivity contribution in [1.82, 2.24) is 14.7 Å². The van der Waals surface area contributed by atoms with Crippen molar-refractivity contribution < 1.29 is 19.4 Å². The summed E-state index contributed by atoms with van der Waals surface area (Å²) in [6.45, 7) is 8.58. The molecule has 0 spiro atoms. The van der Waals surface area contributed by atoms with Gasteiger partial charge in [0.25, 0.3) is 5.91 Å². The van der Waals surface area contributed by atoms with Crippen LogP contribution in [0, 0.1) is 25.7 Å². The van der Waals surface area contributed by atoms with Crippen molar-refractivity contribution in [1.29, 1.82) is 0 Å². The maximum atomic E-state index is 13.0. The minimum Gasteiger partial charge on any atom is -0.481 e. The number of hydrogen-bond donors (Lipinski definition) is 1. The molecule has 0 aliphatic carbocycles. The number of carbonyl (C=O) groups is 2. The number of amides is 1. The third-order valence-electron chi connectivity index (χ3n) is 5.78. The number of nitrogens with zero attached hydrogens (tertiary/aromatic N) is 3. The van der Waals surface area contributed by atoms with Gasteiger partial charge in [0.1, 0.15) is 0 Å². The standard InChI is InChI=1S/C19H29N3O4/c1-4-8-22-13(3)16(12(2)20-22)18(23)21-9-5-14(6-10-21)17-15(19(24)25)7-11-26-17/h14-15,17H,4-11H2,1-3H3,(H,24,25)/t15?,17-/m0/s1. The molecule has 7 nitrogen and oxygen atoms in total. The lowest BCUT2D eigenvalue weighted by molar-refractivity contribution is -0.145. The average Bonchev–Trinajstić information content (AvgIpc) is 3.20. The molecule has 0 bridgehead atoms. The summed E-state index contributed by atoms with van der Waals surface area (Å²) in [5.74, 6) is -0.907. The molecule has 1 unspecified atom stereocenters. The summed E-state index contributed by atoms with van der Waals surface area (Å²) in [5, 5.41) is 13.9. The smallest absolute Gasteiger partial charge is 0.309 e. The van der Waals surface area contributed by atoms with Crippen LogP contribution in [0.4, 0.5) is 0 Å². The second-order valence-electron chi connectivity index (χ2n) is 7.47. The van der Waals surface area contributed by atoms with Crippen LogP contribution < -0.4 is 0 Å². The first-order valence-corrected chi connectivity index (χ1v) is 9.61. The highest BCUT2D eigenvalue weighted by atomic mass is 16.5. The van der Waals surface area contributed by atoms with E-state index >= 15 is 0 Å². The van der Waals surface area contributed by atoms with Crippen molar-refractivity contribution >= 4 is 11.9 Å². The highest BCUT2D eigenvalue weighted by molar-refractivity contribution is 5.96. The van der Waals surface area contributed by atoms with Gasteiger partial charge in [-0.3, -0.25) is 14.3 Å². The minimum atomic E-state index is -0.763. The lowest BCUT2D eigenvalue weighted by Gasteiger charge is -2.35. The number of aliphatic carboxylic acids is 1. The molecule has 0 saturated carbocycles. The molecule has 2 fully saturated rings. The lowest BCUT2D eigenvalue weighted by Crippen LogP contribution is -2.43. The highest BCUT2D eigenvalue weighted by Gasteiger charge is 2.41. The number of aryl methyl sites for hydroxylation is 2. The van der Waals surface area contributed by atoms with Crippen LogP contribution in [-0.2, 0) is 16.1 Å². The number of aromatic nitrogens is 2. The van der Waals surface area contributed by atoms with Crippen molar-refractivity contribution in [3.05, 3.63) is 17.0 Å². The molecule has 3 rings (SSSR count). The first-order valence-electron chi connectivity index (χ1n) is 9.61. The Hall–Kier alpha value is -1.89. The first-order chi connectivity index (χ1) is 12.4. The van der Waals surface area contributed by atoms with Gasteiger partial charge in [-0.15, -0.1) is 0 Å². The van der Waals surface area contributed by atoms with Crippen LogP contribution in [0.1, 0.15) is 54.4 Å². The highest BCUT2D eigenvalue weighted by Crippen LogP contribution is 2.33. The Morgan fingerprint density at radius 1 is 1.23 bits per heavy atom. The van der Waals surface area contributed by atoms with E-state index in [1.54, 1.807) is 0 Å². The maximum absolute atomic E-state index is 13.0. The predicted molar refractivity (Wildman–Crippen MR) is 96.1 cm³/mol. The van der Waals surface area contributed by atoms with Gasteiger partial charge in [0.2, 0.25) is 0 Å². The minimum absolute atomic E-state index is 0.0444. The molecular weight excluding hydrogens is 334 g/mol. The molecule has 2 saturated heterocycles.